The number of carbonyl (C=O) groups excluding carboxylic acids is 1. The summed E-state index contributed by atoms with van der Waals surface area (Å²) >= 11 is 0. The molecule has 3 rings (SSSR count). The van der Waals surface area contributed by atoms with E-state index in [9.17, 15) is 14.4 Å². The lowest BCUT2D eigenvalue weighted by Gasteiger charge is -2.06. The zero-order valence-corrected chi connectivity index (χ0v) is 18.9. The molecule has 34 heavy (non-hydrogen) atoms. The summed E-state index contributed by atoms with van der Waals surface area (Å²) < 4.78 is 0. The van der Waals surface area contributed by atoms with E-state index < -0.39 is 23.9 Å². The first-order valence-electron chi connectivity index (χ1n) is 10.9. The normalized spacial score (nSPS) is 11.1. The summed E-state index contributed by atoms with van der Waals surface area (Å²) in [6.07, 6.45) is 3.70. The summed E-state index contributed by atoms with van der Waals surface area (Å²) in [4.78, 5) is 30.8. The number of aryl methyl sites for hydroxylation is 4. The number of carboxylic acids is 2. The molecule has 3 aromatic carbocycles. The third-order valence-corrected chi connectivity index (χ3v) is 5.21. The fraction of sp³-hybridized carbons (Fsp3) is 0.222. The molecule has 0 aliphatic heterocycles. The molecule has 1 amide bonds. The molecule has 0 fully saturated rings. The molecular weight excluding hydrogens is 432 g/mol. The van der Waals surface area contributed by atoms with Gasteiger partial charge >= 0.3 is 11.9 Å². The van der Waals surface area contributed by atoms with Crippen LogP contribution in [0.2, 0.25) is 0 Å². The van der Waals surface area contributed by atoms with Gasteiger partial charge in [0.15, 0.2) is 0 Å². The first kappa shape index (κ1) is 26.3. The molecule has 0 radical (unpaired) electrons. The first-order valence-corrected chi connectivity index (χ1v) is 10.9. The van der Waals surface area contributed by atoms with E-state index in [1.807, 2.05) is 18.2 Å². The van der Waals surface area contributed by atoms with Gasteiger partial charge in [0.05, 0.1) is 12.0 Å². The highest BCUT2D eigenvalue weighted by Gasteiger charge is 2.13. The van der Waals surface area contributed by atoms with Crippen LogP contribution < -0.4 is 11.5 Å². The molecular formula is C27H30N2O5. The van der Waals surface area contributed by atoms with Crippen molar-refractivity contribution in [3.63, 3.8) is 0 Å². The number of hydrogen-bond donors (Lipinski definition) is 4. The lowest BCUT2D eigenvalue weighted by Crippen LogP contribution is -2.34. The summed E-state index contributed by atoms with van der Waals surface area (Å²) in [5, 5.41) is 17.0. The van der Waals surface area contributed by atoms with Gasteiger partial charge < -0.3 is 21.7 Å². The fourth-order valence-corrected chi connectivity index (χ4v) is 3.21. The zero-order chi connectivity index (χ0) is 24.9. The van der Waals surface area contributed by atoms with E-state index in [1.54, 1.807) is 12.1 Å². The summed E-state index contributed by atoms with van der Waals surface area (Å²) in [5.41, 5.74) is 15.1. The van der Waals surface area contributed by atoms with Crippen molar-refractivity contribution in [1.82, 2.24) is 0 Å². The van der Waals surface area contributed by atoms with E-state index in [1.165, 1.54) is 16.7 Å². The molecule has 0 saturated heterocycles. The molecule has 0 bridgehead atoms. The van der Waals surface area contributed by atoms with Crippen molar-refractivity contribution < 1.29 is 24.6 Å². The number of hydrogen-bond acceptors (Lipinski definition) is 4. The highest BCUT2D eigenvalue weighted by atomic mass is 16.4. The Bertz CT molecular complexity index is 1060. The van der Waals surface area contributed by atoms with Gasteiger partial charge in [0.25, 0.3) is 0 Å². The lowest BCUT2D eigenvalue weighted by atomic mass is 10.00. The number of carbonyl (C=O) groups is 3. The molecule has 0 aliphatic rings. The molecule has 178 valence electrons. The van der Waals surface area contributed by atoms with Gasteiger partial charge in [0.2, 0.25) is 5.91 Å². The van der Waals surface area contributed by atoms with Crippen molar-refractivity contribution >= 4 is 17.8 Å². The van der Waals surface area contributed by atoms with Gasteiger partial charge in [0.1, 0.15) is 6.04 Å². The summed E-state index contributed by atoms with van der Waals surface area (Å²) in [6, 6.07) is 25.4. The Kier molecular flexibility index (Phi) is 10.5. The summed E-state index contributed by atoms with van der Waals surface area (Å²) in [6.45, 7) is 0. The third-order valence-electron chi connectivity index (χ3n) is 5.21. The molecule has 1 unspecified atom stereocenters. The molecule has 0 saturated carbocycles. The van der Waals surface area contributed by atoms with Gasteiger partial charge in [-0.3, -0.25) is 9.59 Å². The Morgan fingerprint density at radius 1 is 0.647 bits per heavy atom. The van der Waals surface area contributed by atoms with E-state index in [0.29, 0.717) is 5.56 Å². The van der Waals surface area contributed by atoms with Crippen molar-refractivity contribution in [3.05, 3.63) is 107 Å². The van der Waals surface area contributed by atoms with Crippen molar-refractivity contribution in [1.29, 1.82) is 0 Å². The Balaban J connectivity index is 0.000000387. The standard InChI is InChI=1S/C23H22O2.C4H8N2O3/c24-23(25)22-16-14-21(15-17-22)13-12-20-10-8-19(9-11-20)7-6-18-4-2-1-3-5-18;5-2(4(8)9)1-3(6)7/h1-5,8-11,14-17H,6-7,12-13H2,(H,24,25);2H,1,5H2,(H2,6,7)(H,8,9). The Hall–Kier alpha value is -3.97. The van der Waals surface area contributed by atoms with Gasteiger partial charge in [0, 0.05) is 0 Å². The maximum Gasteiger partial charge on any atom is 0.335 e. The molecule has 0 aromatic heterocycles. The molecule has 0 heterocycles. The van der Waals surface area contributed by atoms with E-state index in [4.69, 9.17) is 15.9 Å². The van der Waals surface area contributed by atoms with Crippen molar-refractivity contribution in [2.45, 2.75) is 38.1 Å². The van der Waals surface area contributed by atoms with Crippen molar-refractivity contribution in [3.8, 4) is 0 Å². The number of rotatable bonds is 10. The average molecular weight is 463 g/mol. The minimum atomic E-state index is -1.21. The van der Waals surface area contributed by atoms with Crippen LogP contribution in [0.15, 0.2) is 78.9 Å². The van der Waals surface area contributed by atoms with Crippen LogP contribution in [-0.4, -0.2) is 34.1 Å². The average Bonchev–Trinajstić information content (AvgIpc) is 2.83. The number of amides is 1. The second kappa shape index (κ2) is 13.5. The van der Waals surface area contributed by atoms with E-state index >= 15 is 0 Å². The van der Waals surface area contributed by atoms with E-state index in [2.05, 4.69) is 54.3 Å². The smallest absolute Gasteiger partial charge is 0.335 e. The Morgan fingerprint density at radius 2 is 1.03 bits per heavy atom. The number of carboxylic acid groups (broad SMARTS) is 2. The van der Waals surface area contributed by atoms with Gasteiger partial charge in [-0.2, -0.15) is 0 Å². The number of nitrogens with two attached hydrogens (primary N) is 2. The number of benzene rings is 3. The number of aromatic carboxylic acids is 1. The molecule has 6 N–H and O–H groups in total. The first-order chi connectivity index (χ1) is 16.2. The molecule has 7 heteroatoms. The van der Waals surface area contributed by atoms with Gasteiger partial charge in [-0.25, -0.2) is 4.79 Å². The highest BCUT2D eigenvalue weighted by Crippen LogP contribution is 2.12. The predicted molar refractivity (Wildman–Crippen MR) is 131 cm³/mol. The number of aliphatic carboxylic acids is 1. The molecule has 3 aromatic rings. The second-order valence-electron chi connectivity index (χ2n) is 7.92. The Labute approximate surface area is 199 Å². The van der Waals surface area contributed by atoms with Crippen LogP contribution in [0.4, 0.5) is 0 Å². The summed E-state index contributed by atoms with van der Waals surface area (Å²) in [7, 11) is 0. The minimum Gasteiger partial charge on any atom is -0.480 e. The van der Waals surface area contributed by atoms with Crippen LogP contribution in [-0.2, 0) is 35.3 Å². The fourth-order valence-electron chi connectivity index (χ4n) is 3.21. The second-order valence-corrected chi connectivity index (χ2v) is 7.92. The number of primary amides is 1. The quantitative estimate of drug-likeness (QED) is 0.364. The van der Waals surface area contributed by atoms with Crippen molar-refractivity contribution in [2.24, 2.45) is 11.5 Å². The van der Waals surface area contributed by atoms with Crippen LogP contribution in [0.25, 0.3) is 0 Å². The lowest BCUT2D eigenvalue weighted by molar-refractivity contribution is -0.140. The van der Waals surface area contributed by atoms with Crippen LogP contribution in [0, 0.1) is 0 Å². The van der Waals surface area contributed by atoms with Gasteiger partial charge in [-0.15, -0.1) is 0 Å². The minimum absolute atomic E-state index is 0.310. The molecule has 7 nitrogen and oxygen atoms in total. The highest BCUT2D eigenvalue weighted by molar-refractivity contribution is 5.87. The predicted octanol–water partition coefficient (Wildman–Crippen LogP) is 3.23. The largest absolute Gasteiger partial charge is 0.480 e. The van der Waals surface area contributed by atoms with Crippen LogP contribution in [0.3, 0.4) is 0 Å². The van der Waals surface area contributed by atoms with Gasteiger partial charge in [-0.05, 0) is 60.1 Å². The SMILES string of the molecule is NC(=O)CC(N)C(=O)O.O=C(O)c1ccc(CCc2ccc(CCc3ccccc3)cc2)cc1. The topological polar surface area (TPSA) is 144 Å². The molecule has 0 aliphatic carbocycles. The monoisotopic (exact) mass is 462 g/mol. The van der Waals surface area contributed by atoms with Crippen LogP contribution in [0.5, 0.6) is 0 Å². The van der Waals surface area contributed by atoms with Crippen molar-refractivity contribution in [2.75, 3.05) is 0 Å². The molecule has 0 spiro atoms. The third kappa shape index (κ3) is 9.67. The maximum atomic E-state index is 10.9. The zero-order valence-electron chi connectivity index (χ0n) is 18.9. The molecule has 1 atom stereocenters. The van der Waals surface area contributed by atoms with E-state index in [0.717, 1.165) is 31.2 Å². The Morgan fingerprint density at radius 3 is 1.35 bits per heavy atom. The maximum absolute atomic E-state index is 10.9. The van der Waals surface area contributed by atoms with E-state index in [-0.39, 0.29) is 6.42 Å². The summed E-state index contributed by atoms with van der Waals surface area (Å²) in [5.74, 6) is -2.80. The van der Waals surface area contributed by atoms with Gasteiger partial charge in [-0.1, -0.05) is 66.7 Å². The van der Waals surface area contributed by atoms with Crippen LogP contribution in [0.1, 0.15) is 39.0 Å². The van der Waals surface area contributed by atoms with Crippen LogP contribution >= 0.6 is 0 Å².